The van der Waals surface area contributed by atoms with Gasteiger partial charge in [-0.15, -0.1) is 0 Å². The van der Waals surface area contributed by atoms with Gasteiger partial charge in [-0.25, -0.2) is 4.98 Å². The summed E-state index contributed by atoms with van der Waals surface area (Å²) in [5.74, 6) is 2.18. The van der Waals surface area contributed by atoms with Gasteiger partial charge in [-0.2, -0.15) is 0 Å². The fourth-order valence-electron chi connectivity index (χ4n) is 3.29. The Balaban J connectivity index is 1.55. The highest BCUT2D eigenvalue weighted by molar-refractivity contribution is 5.40. The minimum absolute atomic E-state index is 0.00395. The van der Waals surface area contributed by atoms with E-state index < -0.39 is 0 Å². The molecule has 1 saturated carbocycles. The van der Waals surface area contributed by atoms with E-state index in [4.69, 9.17) is 4.74 Å². The first kappa shape index (κ1) is 15.2. The highest BCUT2D eigenvalue weighted by Gasteiger charge is 2.29. The van der Waals surface area contributed by atoms with Gasteiger partial charge in [-0.05, 0) is 18.9 Å². The molecule has 2 heterocycles. The van der Waals surface area contributed by atoms with E-state index in [0.717, 1.165) is 48.5 Å². The van der Waals surface area contributed by atoms with E-state index >= 15 is 0 Å². The first-order valence-electron chi connectivity index (χ1n) is 8.34. The Morgan fingerprint density at radius 3 is 3.00 bits per heavy atom. The van der Waals surface area contributed by atoms with Gasteiger partial charge in [0.15, 0.2) is 0 Å². The normalized spacial score (nSPS) is 17.5. The smallest absolute Gasteiger partial charge is 0.255 e. The number of aromatic hydroxyl groups is 1. The van der Waals surface area contributed by atoms with Crippen molar-refractivity contribution in [1.82, 2.24) is 14.9 Å². The molecule has 1 aliphatic carbocycles. The van der Waals surface area contributed by atoms with Crippen LogP contribution in [0.4, 0.5) is 0 Å². The lowest BCUT2D eigenvalue weighted by Crippen LogP contribution is -2.35. The summed E-state index contributed by atoms with van der Waals surface area (Å²) in [4.78, 5) is 22.3. The molecule has 1 fully saturated rings. The molecule has 2 aromatic rings. The van der Waals surface area contributed by atoms with Crippen LogP contribution in [-0.4, -0.2) is 33.6 Å². The van der Waals surface area contributed by atoms with Crippen molar-refractivity contribution in [2.45, 2.75) is 38.3 Å². The third-order valence-corrected chi connectivity index (χ3v) is 4.79. The predicted molar refractivity (Wildman–Crippen MR) is 89.3 cm³/mol. The van der Waals surface area contributed by atoms with Gasteiger partial charge in [0.05, 0.1) is 18.4 Å². The molecule has 4 rings (SSSR count). The summed E-state index contributed by atoms with van der Waals surface area (Å²) in [5, 5.41) is 9.57. The lowest BCUT2D eigenvalue weighted by Gasteiger charge is -2.28. The topological polar surface area (TPSA) is 78.5 Å². The Bertz CT molecular complexity index is 827. The number of phenolic OH excluding ortho intramolecular Hbond substituents is 1. The molecule has 6 nitrogen and oxygen atoms in total. The second kappa shape index (κ2) is 5.94. The Kier molecular flexibility index (Phi) is 3.76. The van der Waals surface area contributed by atoms with Crippen molar-refractivity contribution in [2.24, 2.45) is 0 Å². The van der Waals surface area contributed by atoms with Gasteiger partial charge in [-0.3, -0.25) is 9.69 Å². The van der Waals surface area contributed by atoms with Crippen molar-refractivity contribution in [3.63, 3.8) is 0 Å². The van der Waals surface area contributed by atoms with Gasteiger partial charge in [0.25, 0.3) is 5.56 Å². The van der Waals surface area contributed by atoms with Gasteiger partial charge in [0, 0.05) is 43.6 Å². The third-order valence-electron chi connectivity index (χ3n) is 4.79. The van der Waals surface area contributed by atoms with E-state index in [-0.39, 0.29) is 11.3 Å². The summed E-state index contributed by atoms with van der Waals surface area (Å²) < 4.78 is 5.34. The summed E-state index contributed by atoms with van der Waals surface area (Å²) in [6, 6.07) is 5.14. The number of H-pyrrole nitrogens is 1. The number of hydrogen-bond donors (Lipinski definition) is 2. The van der Waals surface area contributed by atoms with Crippen LogP contribution < -0.4 is 10.3 Å². The number of ether oxygens (including phenoxy) is 1. The second-order valence-electron chi connectivity index (χ2n) is 6.61. The van der Waals surface area contributed by atoms with E-state index in [2.05, 4.69) is 14.9 Å². The fourth-order valence-corrected chi connectivity index (χ4v) is 3.29. The molecule has 126 valence electrons. The maximum absolute atomic E-state index is 12.4. The van der Waals surface area contributed by atoms with Crippen LogP contribution in [-0.2, 0) is 19.5 Å². The monoisotopic (exact) mass is 327 g/mol. The Hall–Kier alpha value is -2.34. The summed E-state index contributed by atoms with van der Waals surface area (Å²) >= 11 is 0. The molecule has 0 amide bonds. The number of rotatable bonds is 4. The number of fused-ring (bicyclic) bond motifs is 1. The average molecular weight is 327 g/mol. The van der Waals surface area contributed by atoms with E-state index in [0.29, 0.717) is 24.8 Å². The number of aromatic amines is 1. The predicted octanol–water partition coefficient (Wildman–Crippen LogP) is 1.92. The fraction of sp³-hybridized carbons (Fsp3) is 0.444. The maximum Gasteiger partial charge on any atom is 0.255 e. The minimum atomic E-state index is 0.00395. The highest BCUT2D eigenvalue weighted by atomic mass is 16.5. The SMILES string of the molecule is COc1cc(O)ccc1CN1CCc2nc(C3CC3)[nH]c(=O)c2C1. The van der Waals surface area contributed by atoms with Gasteiger partial charge in [0.1, 0.15) is 17.3 Å². The number of methoxy groups -OCH3 is 1. The molecule has 2 aliphatic rings. The molecule has 1 aliphatic heterocycles. The van der Waals surface area contributed by atoms with Crippen molar-refractivity contribution in [3.8, 4) is 11.5 Å². The molecule has 0 saturated heterocycles. The van der Waals surface area contributed by atoms with E-state index in [1.807, 2.05) is 6.07 Å². The van der Waals surface area contributed by atoms with Crippen molar-refractivity contribution in [3.05, 3.63) is 51.2 Å². The summed E-state index contributed by atoms with van der Waals surface area (Å²) in [6.45, 7) is 2.12. The summed E-state index contributed by atoms with van der Waals surface area (Å²) in [6.07, 6.45) is 3.06. The van der Waals surface area contributed by atoms with Crippen LogP contribution >= 0.6 is 0 Å². The quantitative estimate of drug-likeness (QED) is 0.897. The molecule has 2 N–H and O–H groups in total. The second-order valence-corrected chi connectivity index (χ2v) is 6.61. The zero-order chi connectivity index (χ0) is 16.7. The molecule has 24 heavy (non-hydrogen) atoms. The minimum Gasteiger partial charge on any atom is -0.508 e. The van der Waals surface area contributed by atoms with Crippen LogP contribution in [0.25, 0.3) is 0 Å². The number of phenols is 1. The molecular formula is C18H21N3O3. The van der Waals surface area contributed by atoms with E-state index in [9.17, 15) is 9.90 Å². The van der Waals surface area contributed by atoms with Crippen LogP contribution in [0.5, 0.6) is 11.5 Å². The lowest BCUT2D eigenvalue weighted by molar-refractivity contribution is 0.237. The molecule has 0 radical (unpaired) electrons. The molecule has 0 unspecified atom stereocenters. The number of hydrogen-bond acceptors (Lipinski definition) is 5. The number of benzene rings is 1. The van der Waals surface area contributed by atoms with Crippen molar-refractivity contribution < 1.29 is 9.84 Å². The standard InChI is InChI=1S/C18H21N3O3/c1-24-16-8-13(22)5-4-12(16)9-21-7-6-15-14(10-21)18(23)20-17(19-15)11-2-3-11/h4-5,8,11,22H,2-3,6-7,9-10H2,1H3,(H,19,20,23). The number of aromatic nitrogens is 2. The Labute approximate surface area is 140 Å². The van der Waals surface area contributed by atoms with Gasteiger partial charge < -0.3 is 14.8 Å². The van der Waals surface area contributed by atoms with Gasteiger partial charge in [0.2, 0.25) is 0 Å². The summed E-state index contributed by atoms with van der Waals surface area (Å²) in [7, 11) is 1.60. The first-order chi connectivity index (χ1) is 11.6. The van der Waals surface area contributed by atoms with E-state index in [1.54, 1.807) is 19.2 Å². The molecule has 1 aromatic carbocycles. The largest absolute Gasteiger partial charge is 0.508 e. The molecule has 0 spiro atoms. The Morgan fingerprint density at radius 1 is 1.42 bits per heavy atom. The van der Waals surface area contributed by atoms with Crippen LogP contribution in [0, 0.1) is 0 Å². The van der Waals surface area contributed by atoms with E-state index in [1.165, 1.54) is 0 Å². The maximum atomic E-state index is 12.4. The zero-order valence-corrected chi connectivity index (χ0v) is 13.7. The van der Waals surface area contributed by atoms with Gasteiger partial charge >= 0.3 is 0 Å². The highest BCUT2D eigenvalue weighted by Crippen LogP contribution is 2.38. The molecule has 0 atom stereocenters. The van der Waals surface area contributed by atoms with Gasteiger partial charge in [-0.1, -0.05) is 6.07 Å². The molecule has 6 heteroatoms. The van der Waals surface area contributed by atoms with Crippen LogP contribution in [0.2, 0.25) is 0 Å². The zero-order valence-electron chi connectivity index (χ0n) is 13.7. The Morgan fingerprint density at radius 2 is 2.25 bits per heavy atom. The van der Waals surface area contributed by atoms with Crippen LogP contribution in [0.3, 0.4) is 0 Å². The third kappa shape index (κ3) is 2.89. The van der Waals surface area contributed by atoms with Crippen LogP contribution in [0.1, 0.15) is 41.4 Å². The molecule has 0 bridgehead atoms. The summed E-state index contributed by atoms with van der Waals surface area (Å²) in [5.41, 5.74) is 2.74. The van der Waals surface area contributed by atoms with Crippen molar-refractivity contribution >= 4 is 0 Å². The molecular weight excluding hydrogens is 306 g/mol. The lowest BCUT2D eigenvalue weighted by atomic mass is 10.1. The molecule has 1 aromatic heterocycles. The van der Waals surface area contributed by atoms with Crippen LogP contribution in [0.15, 0.2) is 23.0 Å². The average Bonchev–Trinajstić information content (AvgIpc) is 3.42. The van der Waals surface area contributed by atoms with Crippen molar-refractivity contribution in [2.75, 3.05) is 13.7 Å². The number of nitrogens with zero attached hydrogens (tertiary/aromatic N) is 2. The first-order valence-corrected chi connectivity index (χ1v) is 8.34. The van der Waals surface area contributed by atoms with Crippen molar-refractivity contribution in [1.29, 1.82) is 0 Å². The number of nitrogens with one attached hydrogen (secondary N) is 1.